The SMILES string of the molecule is c1ccc(-c2nnc(CSc3ncc4ccccn34)o2)cc1. The van der Waals surface area contributed by atoms with E-state index in [0.717, 1.165) is 16.2 Å². The van der Waals surface area contributed by atoms with Crippen molar-refractivity contribution < 1.29 is 4.42 Å². The molecule has 0 unspecified atom stereocenters. The normalized spacial score (nSPS) is 11.1. The molecule has 22 heavy (non-hydrogen) atoms. The summed E-state index contributed by atoms with van der Waals surface area (Å²) >= 11 is 1.57. The van der Waals surface area contributed by atoms with Crippen LogP contribution in [0.3, 0.4) is 0 Å². The van der Waals surface area contributed by atoms with E-state index in [1.54, 1.807) is 11.8 Å². The second-order valence-electron chi connectivity index (χ2n) is 4.69. The van der Waals surface area contributed by atoms with Crippen LogP contribution in [0.15, 0.2) is 70.5 Å². The Morgan fingerprint density at radius 1 is 1.00 bits per heavy atom. The lowest BCUT2D eigenvalue weighted by molar-refractivity contribution is 0.528. The zero-order chi connectivity index (χ0) is 14.8. The van der Waals surface area contributed by atoms with Gasteiger partial charge in [0.1, 0.15) is 0 Å². The molecule has 0 amide bonds. The maximum atomic E-state index is 5.70. The van der Waals surface area contributed by atoms with E-state index in [1.165, 1.54) is 0 Å². The largest absolute Gasteiger partial charge is 0.420 e. The fraction of sp³-hybridized carbons (Fsp3) is 0.0625. The molecule has 0 bridgehead atoms. The number of imidazole rings is 1. The van der Waals surface area contributed by atoms with Crippen LogP contribution in [-0.2, 0) is 5.75 Å². The van der Waals surface area contributed by atoms with E-state index in [0.29, 0.717) is 17.5 Å². The van der Waals surface area contributed by atoms with Gasteiger partial charge in [0.25, 0.3) is 0 Å². The Morgan fingerprint density at radius 3 is 2.77 bits per heavy atom. The molecule has 0 saturated heterocycles. The smallest absolute Gasteiger partial charge is 0.247 e. The average molecular weight is 308 g/mol. The van der Waals surface area contributed by atoms with Crippen molar-refractivity contribution >= 4 is 17.3 Å². The maximum absolute atomic E-state index is 5.70. The molecule has 0 aliphatic rings. The van der Waals surface area contributed by atoms with Crippen molar-refractivity contribution in [2.75, 3.05) is 0 Å². The summed E-state index contributed by atoms with van der Waals surface area (Å²) in [5, 5.41) is 9.10. The third-order valence-electron chi connectivity index (χ3n) is 3.22. The third-order valence-corrected chi connectivity index (χ3v) is 4.17. The molecule has 4 aromatic rings. The summed E-state index contributed by atoms with van der Waals surface area (Å²) in [5.41, 5.74) is 2.00. The predicted octanol–water partition coefficient (Wildman–Crippen LogP) is 3.68. The second-order valence-corrected chi connectivity index (χ2v) is 5.63. The van der Waals surface area contributed by atoms with Crippen LogP contribution < -0.4 is 0 Å². The van der Waals surface area contributed by atoms with E-state index in [-0.39, 0.29) is 0 Å². The van der Waals surface area contributed by atoms with Crippen LogP contribution in [0.2, 0.25) is 0 Å². The lowest BCUT2D eigenvalue weighted by atomic mass is 10.2. The summed E-state index contributed by atoms with van der Waals surface area (Å²) in [6, 6.07) is 15.8. The van der Waals surface area contributed by atoms with Gasteiger partial charge >= 0.3 is 0 Å². The molecule has 0 fully saturated rings. The molecule has 3 aromatic heterocycles. The molecular weight excluding hydrogens is 296 g/mol. The lowest BCUT2D eigenvalue weighted by Crippen LogP contribution is -1.87. The number of nitrogens with zero attached hydrogens (tertiary/aromatic N) is 4. The Morgan fingerprint density at radius 2 is 1.86 bits per heavy atom. The first-order valence-corrected chi connectivity index (χ1v) is 7.81. The van der Waals surface area contributed by atoms with Gasteiger partial charge in [0, 0.05) is 11.8 Å². The van der Waals surface area contributed by atoms with Crippen molar-refractivity contribution in [1.29, 1.82) is 0 Å². The zero-order valence-electron chi connectivity index (χ0n) is 11.6. The molecule has 108 valence electrons. The van der Waals surface area contributed by atoms with Gasteiger partial charge < -0.3 is 4.42 Å². The van der Waals surface area contributed by atoms with Crippen molar-refractivity contribution in [3.8, 4) is 11.5 Å². The molecule has 0 atom stereocenters. The van der Waals surface area contributed by atoms with Gasteiger partial charge in [0.2, 0.25) is 11.8 Å². The van der Waals surface area contributed by atoms with E-state index < -0.39 is 0 Å². The fourth-order valence-corrected chi connectivity index (χ4v) is 2.96. The predicted molar refractivity (Wildman–Crippen MR) is 84.5 cm³/mol. The van der Waals surface area contributed by atoms with Gasteiger partial charge in [-0.05, 0) is 24.3 Å². The highest BCUT2D eigenvalue weighted by Gasteiger charge is 2.10. The molecule has 0 aliphatic carbocycles. The number of pyridine rings is 1. The molecule has 0 spiro atoms. The van der Waals surface area contributed by atoms with Crippen molar-refractivity contribution in [2.45, 2.75) is 10.9 Å². The lowest BCUT2D eigenvalue weighted by Gasteiger charge is -1.98. The van der Waals surface area contributed by atoms with Crippen LogP contribution in [0.4, 0.5) is 0 Å². The summed E-state index contributed by atoms with van der Waals surface area (Å²) < 4.78 is 7.74. The van der Waals surface area contributed by atoms with Gasteiger partial charge in [-0.25, -0.2) is 4.98 Å². The van der Waals surface area contributed by atoms with Gasteiger partial charge in [-0.1, -0.05) is 36.0 Å². The monoisotopic (exact) mass is 308 g/mol. The van der Waals surface area contributed by atoms with E-state index >= 15 is 0 Å². The Kier molecular flexibility index (Phi) is 3.36. The van der Waals surface area contributed by atoms with Crippen molar-refractivity contribution in [2.24, 2.45) is 0 Å². The molecule has 1 aromatic carbocycles. The van der Waals surface area contributed by atoms with Gasteiger partial charge in [-0.15, -0.1) is 10.2 Å². The van der Waals surface area contributed by atoms with Gasteiger partial charge in [0.15, 0.2) is 5.16 Å². The number of hydrogen-bond donors (Lipinski definition) is 0. The van der Waals surface area contributed by atoms with Gasteiger partial charge in [-0.3, -0.25) is 4.40 Å². The molecule has 0 N–H and O–H groups in total. The topological polar surface area (TPSA) is 56.2 Å². The number of rotatable bonds is 4. The first-order chi connectivity index (χ1) is 10.9. The number of benzene rings is 1. The summed E-state index contributed by atoms with van der Waals surface area (Å²) in [6.45, 7) is 0. The molecule has 5 nitrogen and oxygen atoms in total. The summed E-state index contributed by atoms with van der Waals surface area (Å²) in [5.74, 6) is 1.73. The van der Waals surface area contributed by atoms with Crippen LogP contribution in [-0.4, -0.2) is 19.6 Å². The van der Waals surface area contributed by atoms with Gasteiger partial charge in [-0.2, -0.15) is 0 Å². The van der Waals surface area contributed by atoms with E-state index in [9.17, 15) is 0 Å². The number of thioether (sulfide) groups is 1. The first kappa shape index (κ1) is 13.1. The van der Waals surface area contributed by atoms with Crippen LogP contribution in [0.25, 0.3) is 17.0 Å². The van der Waals surface area contributed by atoms with E-state index in [2.05, 4.69) is 15.2 Å². The Balaban J connectivity index is 1.52. The van der Waals surface area contributed by atoms with Crippen LogP contribution in [0.1, 0.15) is 5.89 Å². The molecular formula is C16H12N4OS. The second kappa shape index (κ2) is 5.65. The first-order valence-electron chi connectivity index (χ1n) is 6.83. The molecule has 0 aliphatic heterocycles. The summed E-state index contributed by atoms with van der Waals surface area (Å²) in [4.78, 5) is 4.41. The minimum Gasteiger partial charge on any atom is -0.420 e. The molecule has 0 radical (unpaired) electrons. The van der Waals surface area contributed by atoms with Crippen molar-refractivity contribution in [1.82, 2.24) is 19.6 Å². The number of hydrogen-bond acceptors (Lipinski definition) is 5. The van der Waals surface area contributed by atoms with E-state index in [4.69, 9.17) is 4.42 Å². The molecule has 3 heterocycles. The fourth-order valence-electron chi connectivity index (χ4n) is 2.16. The minimum absolute atomic E-state index is 0.546. The van der Waals surface area contributed by atoms with Gasteiger partial charge in [0.05, 0.1) is 17.5 Å². The van der Waals surface area contributed by atoms with Crippen molar-refractivity contribution in [3.63, 3.8) is 0 Å². The summed E-state index contributed by atoms with van der Waals surface area (Å²) in [7, 11) is 0. The molecule has 4 rings (SSSR count). The number of fused-ring (bicyclic) bond motifs is 1. The third kappa shape index (κ3) is 2.48. The highest BCUT2D eigenvalue weighted by atomic mass is 32.2. The zero-order valence-corrected chi connectivity index (χ0v) is 12.4. The highest BCUT2D eigenvalue weighted by Crippen LogP contribution is 2.24. The van der Waals surface area contributed by atoms with Crippen LogP contribution in [0.5, 0.6) is 0 Å². The average Bonchev–Trinajstić information content (AvgIpc) is 3.21. The quantitative estimate of drug-likeness (QED) is 0.538. The molecule has 6 heteroatoms. The van der Waals surface area contributed by atoms with Crippen LogP contribution >= 0.6 is 11.8 Å². The van der Waals surface area contributed by atoms with Crippen molar-refractivity contribution in [3.05, 3.63) is 66.8 Å². The van der Waals surface area contributed by atoms with Crippen LogP contribution in [0, 0.1) is 0 Å². The Labute approximate surface area is 131 Å². The molecule has 0 saturated carbocycles. The standard InChI is InChI=1S/C16H12N4OS/c1-2-6-12(7-3-1)15-19-18-14(21-15)11-22-16-17-10-13-8-4-5-9-20(13)16/h1-10H,11H2. The highest BCUT2D eigenvalue weighted by molar-refractivity contribution is 7.98. The Hall–Kier alpha value is -2.60. The number of aromatic nitrogens is 4. The Bertz CT molecular complexity index is 901. The minimum atomic E-state index is 0.546. The summed E-state index contributed by atoms with van der Waals surface area (Å²) in [6.07, 6.45) is 3.85. The maximum Gasteiger partial charge on any atom is 0.247 e. The van der Waals surface area contributed by atoms with E-state index in [1.807, 2.05) is 65.3 Å².